The Morgan fingerprint density at radius 3 is 2.41 bits per heavy atom. The lowest BCUT2D eigenvalue weighted by Gasteiger charge is -2.42. The number of nitrogens with zero attached hydrogens (tertiary/aromatic N) is 1. The third kappa shape index (κ3) is 3.12. The van der Waals surface area contributed by atoms with E-state index in [-0.39, 0.29) is 0 Å². The summed E-state index contributed by atoms with van der Waals surface area (Å²) in [4.78, 5) is 2.75. The first-order valence-corrected chi connectivity index (χ1v) is 10.2. The van der Waals surface area contributed by atoms with Crippen molar-refractivity contribution in [2.45, 2.75) is 38.3 Å². The van der Waals surface area contributed by atoms with Crippen molar-refractivity contribution in [1.82, 2.24) is 4.90 Å². The van der Waals surface area contributed by atoms with Gasteiger partial charge in [-0.1, -0.05) is 54.6 Å². The number of ether oxygens (including phenoxy) is 1. The van der Waals surface area contributed by atoms with Crippen LogP contribution in [-0.4, -0.2) is 24.6 Å². The van der Waals surface area contributed by atoms with Gasteiger partial charge in [0.1, 0.15) is 5.75 Å². The first-order chi connectivity index (χ1) is 13.3. The van der Waals surface area contributed by atoms with Crippen LogP contribution in [0.2, 0.25) is 0 Å². The molecule has 2 aliphatic heterocycles. The predicted molar refractivity (Wildman–Crippen MR) is 111 cm³/mol. The molecule has 1 saturated heterocycles. The van der Waals surface area contributed by atoms with Crippen molar-refractivity contribution in [3.05, 3.63) is 77.4 Å². The summed E-state index contributed by atoms with van der Waals surface area (Å²) in [6, 6.07) is 22.8. The van der Waals surface area contributed by atoms with Crippen LogP contribution in [0.3, 0.4) is 0 Å². The first-order valence-electron chi connectivity index (χ1n) is 10.2. The molecule has 0 N–H and O–H groups in total. The summed E-state index contributed by atoms with van der Waals surface area (Å²) in [6.07, 6.45) is 5.13. The number of hydrogen-bond donors (Lipinski definition) is 0. The van der Waals surface area contributed by atoms with E-state index in [9.17, 15) is 0 Å². The van der Waals surface area contributed by atoms with Gasteiger partial charge in [0.2, 0.25) is 0 Å². The molecule has 3 aromatic carbocycles. The van der Waals surface area contributed by atoms with E-state index in [1.807, 2.05) is 0 Å². The number of piperidine rings is 1. The van der Waals surface area contributed by atoms with Gasteiger partial charge in [-0.3, -0.25) is 4.90 Å². The number of fused-ring (bicyclic) bond motifs is 3. The molecule has 6 rings (SSSR count). The molecular weight excluding hydrogens is 330 g/mol. The van der Waals surface area contributed by atoms with Crippen LogP contribution < -0.4 is 4.74 Å². The highest BCUT2D eigenvalue weighted by Crippen LogP contribution is 2.35. The molecule has 0 aromatic heterocycles. The monoisotopic (exact) mass is 357 g/mol. The molecule has 3 aliphatic rings. The van der Waals surface area contributed by atoms with Gasteiger partial charge >= 0.3 is 0 Å². The van der Waals surface area contributed by atoms with Crippen LogP contribution in [0.1, 0.15) is 29.5 Å². The number of rotatable bonds is 3. The van der Waals surface area contributed by atoms with Gasteiger partial charge in [-0.2, -0.15) is 0 Å². The quantitative estimate of drug-likeness (QED) is 0.636. The fourth-order valence-electron chi connectivity index (χ4n) is 5.16. The van der Waals surface area contributed by atoms with E-state index in [0.717, 1.165) is 18.2 Å². The van der Waals surface area contributed by atoms with E-state index in [1.54, 1.807) is 18.2 Å². The second kappa shape index (κ2) is 7.01. The molecule has 0 saturated carbocycles. The normalized spacial score (nSPS) is 22.3. The van der Waals surface area contributed by atoms with Gasteiger partial charge in [-0.15, -0.1) is 0 Å². The number of methoxy groups -OCH3 is 1. The molecule has 2 heteroatoms. The maximum Gasteiger partial charge on any atom is 0.126 e. The lowest BCUT2D eigenvalue weighted by atomic mass is 9.80. The molecule has 3 aromatic rings. The summed E-state index contributed by atoms with van der Waals surface area (Å²) in [5.41, 5.74) is 4.57. The Balaban J connectivity index is 1.48. The van der Waals surface area contributed by atoms with E-state index in [4.69, 9.17) is 4.74 Å². The van der Waals surface area contributed by atoms with Gasteiger partial charge in [0.05, 0.1) is 7.11 Å². The minimum atomic E-state index is 0.656. The Kier molecular flexibility index (Phi) is 4.37. The zero-order chi connectivity index (χ0) is 18.2. The van der Waals surface area contributed by atoms with Gasteiger partial charge in [0, 0.05) is 24.5 Å². The molecule has 1 aliphatic carbocycles. The lowest BCUT2D eigenvalue weighted by Crippen LogP contribution is -2.46. The Bertz CT molecular complexity index is 963. The fourth-order valence-corrected chi connectivity index (χ4v) is 5.16. The highest BCUT2D eigenvalue weighted by atomic mass is 16.5. The van der Waals surface area contributed by atoms with Gasteiger partial charge < -0.3 is 4.74 Å². The topological polar surface area (TPSA) is 12.5 Å². The van der Waals surface area contributed by atoms with Gasteiger partial charge in [0.15, 0.2) is 0 Å². The molecule has 0 spiro atoms. The highest BCUT2D eigenvalue weighted by molar-refractivity contribution is 5.91. The van der Waals surface area contributed by atoms with Crippen LogP contribution in [0.15, 0.2) is 60.7 Å². The molecule has 2 heterocycles. The average molecular weight is 357 g/mol. The Morgan fingerprint density at radius 1 is 0.852 bits per heavy atom. The third-order valence-electron chi connectivity index (χ3n) is 6.57. The summed E-state index contributed by atoms with van der Waals surface area (Å²) in [7, 11) is 1.76. The van der Waals surface area contributed by atoms with E-state index < -0.39 is 0 Å². The van der Waals surface area contributed by atoms with Crippen molar-refractivity contribution in [1.29, 1.82) is 0 Å². The molecule has 0 unspecified atom stereocenters. The highest BCUT2D eigenvalue weighted by Gasteiger charge is 2.32. The maximum absolute atomic E-state index is 5.58. The fraction of sp³-hybridized carbons (Fsp3) is 0.360. The van der Waals surface area contributed by atoms with Crippen molar-refractivity contribution in [2.75, 3.05) is 13.7 Å². The van der Waals surface area contributed by atoms with Crippen LogP contribution in [0.4, 0.5) is 0 Å². The van der Waals surface area contributed by atoms with Gasteiger partial charge in [0.25, 0.3) is 0 Å². The summed E-state index contributed by atoms with van der Waals surface area (Å²) in [5, 5.41) is 2.55. The van der Waals surface area contributed by atoms with Crippen molar-refractivity contribution < 1.29 is 4.74 Å². The van der Waals surface area contributed by atoms with Crippen LogP contribution in [0.5, 0.6) is 5.75 Å². The largest absolute Gasteiger partial charge is 0.496 e. The molecule has 0 radical (unpaired) electrons. The molecule has 1 fully saturated rings. The molecule has 27 heavy (non-hydrogen) atoms. The Morgan fingerprint density at radius 2 is 1.59 bits per heavy atom. The van der Waals surface area contributed by atoms with Crippen molar-refractivity contribution in [3.8, 4) is 5.75 Å². The zero-order valence-corrected chi connectivity index (χ0v) is 16.0. The first kappa shape index (κ1) is 16.8. The van der Waals surface area contributed by atoms with E-state index in [0.29, 0.717) is 6.04 Å². The second-order valence-electron chi connectivity index (χ2n) is 8.18. The predicted octanol–water partition coefficient (Wildman–Crippen LogP) is 5.23. The zero-order valence-electron chi connectivity index (χ0n) is 16.0. The Hall–Kier alpha value is -2.32. The minimum Gasteiger partial charge on any atom is -0.496 e. The van der Waals surface area contributed by atoms with Gasteiger partial charge in [-0.05, 0) is 59.7 Å². The minimum absolute atomic E-state index is 0.656. The summed E-state index contributed by atoms with van der Waals surface area (Å²) in [5.74, 6) is 1.75. The smallest absolute Gasteiger partial charge is 0.126 e. The number of hydrogen-bond acceptors (Lipinski definition) is 2. The van der Waals surface area contributed by atoms with Crippen molar-refractivity contribution >= 4 is 10.8 Å². The molecule has 0 amide bonds. The molecular formula is C25H27NO. The van der Waals surface area contributed by atoms with E-state index in [1.165, 1.54) is 48.6 Å². The van der Waals surface area contributed by atoms with Gasteiger partial charge in [-0.25, -0.2) is 0 Å². The molecule has 138 valence electrons. The summed E-state index contributed by atoms with van der Waals surface area (Å²) < 4.78 is 5.58. The lowest BCUT2D eigenvalue weighted by molar-refractivity contribution is 0.0942. The van der Waals surface area contributed by atoms with Crippen LogP contribution in [0.25, 0.3) is 10.8 Å². The summed E-state index contributed by atoms with van der Waals surface area (Å²) >= 11 is 0. The standard InChI is InChI=1S/C25H27NO/c1-27-25-13-11-21(23-8-4-5-9-24(23)25)17-26-16-18-10-12-22(26)15-20-7-3-2-6-19(20)14-18/h2-9,11,13,18,22H,10,12,14-17H2,1H3/t18-,22-/m1/s1. The van der Waals surface area contributed by atoms with Crippen LogP contribution >= 0.6 is 0 Å². The van der Waals surface area contributed by atoms with Crippen LogP contribution in [0, 0.1) is 5.92 Å². The second-order valence-corrected chi connectivity index (χ2v) is 8.18. The number of benzene rings is 3. The summed E-state index contributed by atoms with van der Waals surface area (Å²) in [6.45, 7) is 2.26. The maximum atomic E-state index is 5.58. The third-order valence-corrected chi connectivity index (χ3v) is 6.57. The average Bonchev–Trinajstić information content (AvgIpc) is 2.69. The molecule has 2 nitrogen and oxygen atoms in total. The Labute approximate surface area is 161 Å². The SMILES string of the molecule is COc1ccc(CN2C[C@@H]3CC[C@@H]2Cc2ccccc2C3)c2ccccc12. The van der Waals surface area contributed by atoms with Crippen LogP contribution in [-0.2, 0) is 19.4 Å². The van der Waals surface area contributed by atoms with E-state index >= 15 is 0 Å². The van der Waals surface area contributed by atoms with E-state index in [2.05, 4.69) is 65.6 Å². The van der Waals surface area contributed by atoms with Crippen molar-refractivity contribution in [2.24, 2.45) is 5.92 Å². The van der Waals surface area contributed by atoms with Crippen molar-refractivity contribution in [3.63, 3.8) is 0 Å². The molecule has 2 bridgehead atoms. The molecule has 2 atom stereocenters.